The second-order valence-electron chi connectivity index (χ2n) is 18.4. The molecule has 2 heterocycles. The summed E-state index contributed by atoms with van der Waals surface area (Å²) in [6.07, 6.45) is 3.38. The van der Waals surface area contributed by atoms with Crippen molar-refractivity contribution in [2.45, 2.75) is 149 Å². The van der Waals surface area contributed by atoms with Gasteiger partial charge in [-0.3, -0.25) is 38.5 Å². The van der Waals surface area contributed by atoms with Gasteiger partial charge in [-0.2, -0.15) is 0 Å². The summed E-state index contributed by atoms with van der Waals surface area (Å²) in [7, 11) is 7.99. The average Bonchev–Trinajstić information content (AvgIpc) is 3.77. The van der Waals surface area contributed by atoms with Crippen LogP contribution in [0.15, 0.2) is 30.3 Å². The highest BCUT2D eigenvalue weighted by Gasteiger charge is 2.44. The Labute approximate surface area is 382 Å². The zero-order valence-electron chi connectivity index (χ0n) is 40.8. The van der Waals surface area contributed by atoms with Gasteiger partial charge in [0.2, 0.25) is 23.6 Å². The van der Waals surface area contributed by atoms with Gasteiger partial charge in [0.05, 0.1) is 56.4 Å². The van der Waals surface area contributed by atoms with E-state index >= 15 is 0 Å². The van der Waals surface area contributed by atoms with Crippen LogP contribution >= 0.6 is 0 Å². The molecule has 2 aliphatic rings. The van der Waals surface area contributed by atoms with E-state index in [0.29, 0.717) is 51.9 Å². The Balaban J connectivity index is 1.78. The largest absolute Gasteiger partial charge is 0.469 e. The number of methoxy groups -OCH3 is 3. The SMILES string of the molecule is CC[C@H](C)[C@@H]([C@@H](CC(=O)N1CCC[C@H]1[C@H](OC)[C@@H](C)C(=O)N[C@@H](Cc1ccccc1)C(=O)N1CCCCO1)OC)N(C)C(=O)[C@@H](NC(=O)[C@H](C(C)C)N(C)CCCC(=O)OC)C(C)C. The maximum atomic E-state index is 14.5. The number of ether oxygens (including phenoxy) is 3. The molecule has 0 saturated carbocycles. The number of likely N-dealkylation sites (tertiary alicyclic amines) is 1. The molecule has 64 heavy (non-hydrogen) atoms. The van der Waals surface area contributed by atoms with Crippen molar-refractivity contribution in [3.05, 3.63) is 35.9 Å². The summed E-state index contributed by atoms with van der Waals surface area (Å²) in [5.41, 5.74) is 0.898. The second-order valence-corrected chi connectivity index (χ2v) is 18.4. The molecule has 2 fully saturated rings. The molecule has 16 nitrogen and oxygen atoms in total. The highest BCUT2D eigenvalue weighted by atomic mass is 16.7. The number of amides is 5. The van der Waals surface area contributed by atoms with E-state index in [0.717, 1.165) is 18.4 Å². The lowest BCUT2D eigenvalue weighted by Crippen LogP contribution is -2.60. The van der Waals surface area contributed by atoms with E-state index in [2.05, 4.69) is 10.6 Å². The van der Waals surface area contributed by atoms with Crippen LogP contribution in [0.2, 0.25) is 0 Å². The van der Waals surface area contributed by atoms with Crippen molar-refractivity contribution in [2.75, 3.05) is 61.7 Å². The number of hydrogen-bond acceptors (Lipinski definition) is 11. The van der Waals surface area contributed by atoms with Crippen LogP contribution in [0.5, 0.6) is 0 Å². The van der Waals surface area contributed by atoms with Gasteiger partial charge in [-0.25, -0.2) is 5.06 Å². The molecule has 16 heteroatoms. The molecule has 5 amide bonds. The molecule has 362 valence electrons. The van der Waals surface area contributed by atoms with Gasteiger partial charge in [-0.05, 0) is 69.0 Å². The summed E-state index contributed by atoms with van der Waals surface area (Å²) in [6.45, 7) is 15.3. The van der Waals surface area contributed by atoms with Crippen molar-refractivity contribution >= 4 is 35.5 Å². The molecule has 1 aromatic rings. The average molecular weight is 901 g/mol. The summed E-state index contributed by atoms with van der Waals surface area (Å²) < 4.78 is 16.9. The van der Waals surface area contributed by atoms with E-state index < -0.39 is 48.3 Å². The molecular weight excluding hydrogens is 821 g/mol. The van der Waals surface area contributed by atoms with Crippen LogP contribution in [-0.4, -0.2) is 159 Å². The van der Waals surface area contributed by atoms with Gasteiger partial charge in [0, 0.05) is 47.2 Å². The molecule has 0 spiro atoms. The highest BCUT2D eigenvalue weighted by molar-refractivity contribution is 5.90. The fourth-order valence-electron chi connectivity index (χ4n) is 9.30. The van der Waals surface area contributed by atoms with Crippen LogP contribution in [0.25, 0.3) is 0 Å². The summed E-state index contributed by atoms with van der Waals surface area (Å²) in [5.74, 6) is -2.84. The van der Waals surface area contributed by atoms with Gasteiger partial charge < -0.3 is 34.6 Å². The lowest BCUT2D eigenvalue weighted by Gasteiger charge is -2.41. The summed E-state index contributed by atoms with van der Waals surface area (Å²) >= 11 is 0. The number of carbonyl (C=O) groups is 6. The van der Waals surface area contributed by atoms with E-state index in [1.54, 1.807) is 30.9 Å². The molecule has 0 aliphatic carbocycles. The van der Waals surface area contributed by atoms with Crippen LogP contribution < -0.4 is 10.6 Å². The normalized spacial score (nSPS) is 19.3. The van der Waals surface area contributed by atoms with E-state index in [1.807, 2.05) is 83.8 Å². The van der Waals surface area contributed by atoms with E-state index in [-0.39, 0.29) is 72.5 Å². The molecule has 2 aliphatic heterocycles. The van der Waals surface area contributed by atoms with Gasteiger partial charge in [-0.15, -0.1) is 0 Å². The highest BCUT2D eigenvalue weighted by Crippen LogP contribution is 2.30. The predicted molar refractivity (Wildman–Crippen MR) is 244 cm³/mol. The lowest BCUT2D eigenvalue weighted by molar-refractivity contribution is -0.199. The van der Waals surface area contributed by atoms with Gasteiger partial charge in [0.25, 0.3) is 5.91 Å². The molecule has 0 unspecified atom stereocenters. The lowest BCUT2D eigenvalue weighted by atomic mass is 9.89. The number of likely N-dealkylation sites (N-methyl/N-ethyl adjacent to an activating group) is 2. The van der Waals surface area contributed by atoms with Crippen molar-refractivity contribution < 1.29 is 47.8 Å². The van der Waals surface area contributed by atoms with Crippen molar-refractivity contribution in [2.24, 2.45) is 23.7 Å². The van der Waals surface area contributed by atoms with Gasteiger partial charge in [-0.1, -0.05) is 85.2 Å². The van der Waals surface area contributed by atoms with Crippen LogP contribution in [0, 0.1) is 23.7 Å². The molecular formula is C48H80N6O10. The first-order valence-electron chi connectivity index (χ1n) is 23.4. The fraction of sp³-hybridized carbons (Fsp3) is 0.750. The Hall–Kier alpha value is -4.12. The zero-order valence-corrected chi connectivity index (χ0v) is 40.8. The van der Waals surface area contributed by atoms with Crippen LogP contribution in [-0.2, 0) is 54.2 Å². The number of nitrogens with zero attached hydrogens (tertiary/aromatic N) is 4. The molecule has 3 rings (SSSR count). The Morgan fingerprint density at radius 2 is 1.55 bits per heavy atom. The number of carbonyl (C=O) groups excluding carboxylic acids is 6. The first-order valence-corrected chi connectivity index (χ1v) is 23.4. The number of nitrogens with one attached hydrogen (secondary N) is 2. The smallest absolute Gasteiger partial charge is 0.305 e. The minimum atomic E-state index is -0.861. The van der Waals surface area contributed by atoms with Crippen molar-refractivity contribution in [3.63, 3.8) is 0 Å². The Bertz CT molecular complexity index is 1640. The molecule has 0 bridgehead atoms. The van der Waals surface area contributed by atoms with Gasteiger partial charge >= 0.3 is 5.97 Å². The standard InChI is InChI=1S/C48H80N6O10/c1-13-33(6)43(52(9)48(60)41(31(2)3)50-46(58)42(32(4)5)51(8)25-20-24-40(56)62-11)38(61-10)30-39(55)53-26-19-23-37(53)44(63-12)34(7)45(57)49-36(29-35-21-15-14-16-22-35)47(59)54-27-17-18-28-64-54/h14-16,21-22,31-34,36-38,41-44H,13,17-20,23-30H2,1-12H3,(H,49,57)(H,50,58)/t33-,34+,36-,37-,38+,41-,42-,43-,44+/m0/s1. The molecule has 2 saturated heterocycles. The zero-order chi connectivity index (χ0) is 47.7. The number of hydrogen-bond donors (Lipinski definition) is 2. The molecule has 2 N–H and O–H groups in total. The molecule has 0 radical (unpaired) electrons. The van der Waals surface area contributed by atoms with Crippen LogP contribution in [0.4, 0.5) is 0 Å². The number of benzene rings is 1. The topological polar surface area (TPSA) is 176 Å². The number of hydroxylamine groups is 2. The Morgan fingerprint density at radius 3 is 2.11 bits per heavy atom. The maximum absolute atomic E-state index is 14.5. The predicted octanol–water partition coefficient (Wildman–Crippen LogP) is 4.24. The number of esters is 1. The van der Waals surface area contributed by atoms with Crippen molar-refractivity contribution in [1.82, 2.24) is 30.4 Å². The third-order valence-electron chi connectivity index (χ3n) is 13.1. The second kappa shape index (κ2) is 26.7. The first kappa shape index (κ1) is 54.2. The Morgan fingerprint density at radius 1 is 0.859 bits per heavy atom. The maximum Gasteiger partial charge on any atom is 0.305 e. The first-order chi connectivity index (χ1) is 30.4. The van der Waals surface area contributed by atoms with Crippen LogP contribution in [0.3, 0.4) is 0 Å². The van der Waals surface area contributed by atoms with Crippen molar-refractivity contribution in [1.29, 1.82) is 0 Å². The van der Waals surface area contributed by atoms with E-state index in [9.17, 15) is 28.8 Å². The molecule has 9 atom stereocenters. The summed E-state index contributed by atoms with van der Waals surface area (Å²) in [5, 5.41) is 7.43. The van der Waals surface area contributed by atoms with Gasteiger partial charge in [0.15, 0.2) is 0 Å². The fourth-order valence-corrected chi connectivity index (χ4v) is 9.30. The number of rotatable bonds is 25. The Kier molecular flexibility index (Phi) is 22.7. The van der Waals surface area contributed by atoms with Gasteiger partial charge in [0.1, 0.15) is 12.1 Å². The van der Waals surface area contributed by atoms with E-state index in [1.165, 1.54) is 19.3 Å². The third-order valence-corrected chi connectivity index (χ3v) is 13.1. The summed E-state index contributed by atoms with van der Waals surface area (Å²) in [6, 6.07) is 6.34. The van der Waals surface area contributed by atoms with Crippen LogP contribution in [0.1, 0.15) is 105 Å². The summed E-state index contributed by atoms with van der Waals surface area (Å²) in [4.78, 5) is 93.4. The monoisotopic (exact) mass is 901 g/mol. The minimum absolute atomic E-state index is 0.0232. The minimum Gasteiger partial charge on any atom is -0.469 e. The van der Waals surface area contributed by atoms with Crippen molar-refractivity contribution in [3.8, 4) is 0 Å². The quantitative estimate of drug-likeness (QED) is 0.134. The molecule has 0 aromatic heterocycles. The molecule has 1 aromatic carbocycles. The van der Waals surface area contributed by atoms with E-state index in [4.69, 9.17) is 19.0 Å². The third kappa shape index (κ3) is 15.0.